The summed E-state index contributed by atoms with van der Waals surface area (Å²) in [5, 5.41) is 0. The molecule has 0 amide bonds. The first-order valence-electron chi connectivity index (χ1n) is 6.61. The number of thioether (sulfide) groups is 1. The summed E-state index contributed by atoms with van der Waals surface area (Å²) in [6, 6.07) is 9.73. The van der Waals surface area contributed by atoms with Crippen molar-refractivity contribution in [1.82, 2.24) is 0 Å². The van der Waals surface area contributed by atoms with Crippen molar-refractivity contribution in [3.8, 4) is 0 Å². The highest BCUT2D eigenvalue weighted by molar-refractivity contribution is 8.05. The molecule has 0 aliphatic rings. The summed E-state index contributed by atoms with van der Waals surface area (Å²) >= 11 is 7.45. The van der Waals surface area contributed by atoms with Gasteiger partial charge in [-0.25, -0.2) is 0 Å². The second-order valence-electron chi connectivity index (χ2n) is 4.89. The van der Waals surface area contributed by atoms with Crippen molar-refractivity contribution in [2.45, 2.75) is 49.8 Å². The van der Waals surface area contributed by atoms with Crippen LogP contribution in [0.5, 0.6) is 0 Å². The molecule has 114 valence electrons. The van der Waals surface area contributed by atoms with Crippen molar-refractivity contribution in [2.75, 3.05) is 5.88 Å². The zero-order valence-electron chi connectivity index (χ0n) is 12.3. The molecule has 1 atom stereocenters. The van der Waals surface area contributed by atoms with Gasteiger partial charge in [0.2, 0.25) is 0 Å². The van der Waals surface area contributed by atoms with Gasteiger partial charge in [0.05, 0.1) is 12.2 Å². The van der Waals surface area contributed by atoms with Crippen molar-refractivity contribution in [2.24, 2.45) is 0 Å². The zero-order chi connectivity index (χ0) is 15.2. The molecule has 6 heteroatoms. The average molecular weight is 337 g/mol. The first-order chi connectivity index (χ1) is 9.37. The minimum Gasteiger partial charge on any atom is -0.305 e. The summed E-state index contributed by atoms with van der Waals surface area (Å²) in [4.78, 5) is 0.578. The summed E-state index contributed by atoms with van der Waals surface area (Å²) in [5.41, 5.74) is 0. The maximum atomic E-state index is 13.0. The summed E-state index contributed by atoms with van der Waals surface area (Å²) in [6.07, 6.45) is -0.358. The molecular formula is C14H22ClO3PS. The van der Waals surface area contributed by atoms with Crippen LogP contribution in [0.3, 0.4) is 0 Å². The number of hydrogen-bond donors (Lipinski definition) is 0. The smallest absolute Gasteiger partial charge is 0.305 e. The fraction of sp³-hybridized carbons (Fsp3) is 0.571. The van der Waals surface area contributed by atoms with Crippen LogP contribution in [-0.2, 0) is 13.6 Å². The molecule has 1 rings (SSSR count). The topological polar surface area (TPSA) is 35.5 Å². The Hall–Kier alpha value is 0.01000. The van der Waals surface area contributed by atoms with Gasteiger partial charge in [0.15, 0.2) is 0 Å². The molecule has 20 heavy (non-hydrogen) atoms. The van der Waals surface area contributed by atoms with Gasteiger partial charge in [-0.1, -0.05) is 18.2 Å². The van der Waals surface area contributed by atoms with Gasteiger partial charge in [0, 0.05) is 10.8 Å². The predicted molar refractivity (Wildman–Crippen MR) is 86.9 cm³/mol. The highest BCUT2D eigenvalue weighted by Crippen LogP contribution is 2.60. The van der Waals surface area contributed by atoms with Crippen LogP contribution in [0, 0.1) is 0 Å². The molecule has 1 aromatic carbocycles. The van der Waals surface area contributed by atoms with Crippen LogP contribution in [0.1, 0.15) is 27.7 Å². The quantitative estimate of drug-likeness (QED) is 0.362. The second-order valence-corrected chi connectivity index (χ2v) is 8.95. The molecule has 0 spiro atoms. The third kappa shape index (κ3) is 5.79. The Balaban J connectivity index is 2.93. The Morgan fingerprint density at radius 2 is 1.60 bits per heavy atom. The molecule has 0 saturated carbocycles. The van der Waals surface area contributed by atoms with E-state index in [0.717, 1.165) is 4.90 Å². The minimum absolute atomic E-state index is 0.179. The Bertz CT molecular complexity index is 425. The monoisotopic (exact) mass is 336 g/mol. The van der Waals surface area contributed by atoms with Gasteiger partial charge in [-0.2, -0.15) is 0 Å². The fourth-order valence-corrected chi connectivity index (χ4v) is 5.82. The van der Waals surface area contributed by atoms with Gasteiger partial charge in [-0.15, -0.1) is 23.4 Å². The van der Waals surface area contributed by atoms with Crippen LogP contribution in [0.4, 0.5) is 0 Å². The molecule has 1 unspecified atom stereocenters. The van der Waals surface area contributed by atoms with Crippen LogP contribution in [-0.4, -0.2) is 23.1 Å². The van der Waals surface area contributed by atoms with Gasteiger partial charge in [0.25, 0.3) is 0 Å². The summed E-state index contributed by atoms with van der Waals surface area (Å²) in [6.45, 7) is 7.37. The van der Waals surface area contributed by atoms with E-state index in [9.17, 15) is 4.57 Å². The van der Waals surface area contributed by atoms with Crippen LogP contribution in [0.25, 0.3) is 0 Å². The van der Waals surface area contributed by atoms with Crippen LogP contribution in [0.15, 0.2) is 35.2 Å². The summed E-state index contributed by atoms with van der Waals surface area (Å²) in [7, 11) is -3.28. The van der Waals surface area contributed by atoms with E-state index in [1.54, 1.807) is 0 Å². The zero-order valence-corrected chi connectivity index (χ0v) is 14.8. The minimum atomic E-state index is -3.28. The third-order valence-corrected chi connectivity index (χ3v) is 7.32. The maximum Gasteiger partial charge on any atom is 0.345 e. The average Bonchev–Trinajstić information content (AvgIpc) is 2.35. The highest BCUT2D eigenvalue weighted by Gasteiger charge is 2.38. The SMILES string of the molecule is CC(C)OP(=O)(OC(C)C)C(CCl)Sc1ccccc1. The number of halogens is 1. The Morgan fingerprint density at radius 1 is 1.10 bits per heavy atom. The van der Waals surface area contributed by atoms with Crippen molar-refractivity contribution in [1.29, 1.82) is 0 Å². The molecule has 0 aliphatic heterocycles. The Morgan fingerprint density at radius 3 is 2.00 bits per heavy atom. The highest BCUT2D eigenvalue weighted by atomic mass is 35.5. The van der Waals surface area contributed by atoms with Crippen LogP contribution < -0.4 is 0 Å². The van der Waals surface area contributed by atoms with E-state index in [4.69, 9.17) is 20.6 Å². The lowest BCUT2D eigenvalue weighted by molar-refractivity contribution is 0.142. The Labute approximate surface area is 130 Å². The number of benzene rings is 1. The number of rotatable bonds is 8. The normalized spacial score (nSPS) is 13.9. The second kappa shape index (κ2) is 8.45. The third-order valence-electron chi connectivity index (χ3n) is 2.22. The van der Waals surface area contributed by atoms with E-state index in [-0.39, 0.29) is 18.1 Å². The molecule has 0 N–H and O–H groups in total. The van der Waals surface area contributed by atoms with Gasteiger partial charge in [0.1, 0.15) is 4.99 Å². The number of alkyl halides is 1. The van der Waals surface area contributed by atoms with E-state index in [1.807, 2.05) is 58.0 Å². The van der Waals surface area contributed by atoms with Crippen molar-refractivity contribution < 1.29 is 13.6 Å². The molecular weight excluding hydrogens is 315 g/mol. The van der Waals surface area contributed by atoms with Crippen LogP contribution >= 0.6 is 31.0 Å². The molecule has 0 aromatic heterocycles. The molecule has 0 heterocycles. The van der Waals surface area contributed by atoms with E-state index >= 15 is 0 Å². The lowest BCUT2D eigenvalue weighted by Crippen LogP contribution is -2.17. The summed E-state index contributed by atoms with van der Waals surface area (Å²) in [5.74, 6) is 0.205. The van der Waals surface area contributed by atoms with Gasteiger partial charge < -0.3 is 9.05 Å². The molecule has 0 aliphatic carbocycles. The molecule has 0 radical (unpaired) electrons. The van der Waals surface area contributed by atoms with E-state index in [2.05, 4.69) is 0 Å². The molecule has 0 saturated heterocycles. The van der Waals surface area contributed by atoms with Gasteiger partial charge in [-0.05, 0) is 39.8 Å². The standard InChI is InChI=1S/C14H22ClO3PS/c1-11(2)17-19(16,18-12(3)4)14(10-15)20-13-8-6-5-7-9-13/h5-9,11-12,14H,10H2,1-4H3. The Kier molecular flexibility index (Phi) is 7.63. The summed E-state index contributed by atoms with van der Waals surface area (Å²) < 4.78 is 24.2. The van der Waals surface area contributed by atoms with Crippen molar-refractivity contribution in [3.05, 3.63) is 30.3 Å². The fourth-order valence-electron chi connectivity index (χ4n) is 1.59. The number of hydrogen-bond acceptors (Lipinski definition) is 4. The van der Waals surface area contributed by atoms with Gasteiger partial charge in [-0.3, -0.25) is 4.57 Å². The largest absolute Gasteiger partial charge is 0.345 e. The van der Waals surface area contributed by atoms with E-state index < -0.39 is 12.6 Å². The van der Waals surface area contributed by atoms with Crippen molar-refractivity contribution >= 4 is 31.0 Å². The maximum absolute atomic E-state index is 13.0. The van der Waals surface area contributed by atoms with E-state index in [1.165, 1.54) is 11.8 Å². The van der Waals surface area contributed by atoms with Gasteiger partial charge >= 0.3 is 7.60 Å². The lowest BCUT2D eigenvalue weighted by atomic mass is 10.4. The first-order valence-corrected chi connectivity index (χ1v) is 9.64. The van der Waals surface area contributed by atoms with Crippen LogP contribution in [0.2, 0.25) is 0 Å². The molecule has 1 aromatic rings. The van der Waals surface area contributed by atoms with E-state index in [0.29, 0.717) is 0 Å². The molecule has 0 bridgehead atoms. The van der Waals surface area contributed by atoms with Crippen molar-refractivity contribution in [3.63, 3.8) is 0 Å². The molecule has 3 nitrogen and oxygen atoms in total. The lowest BCUT2D eigenvalue weighted by Gasteiger charge is -2.28. The molecule has 0 fully saturated rings. The first kappa shape index (κ1) is 18.1. The predicted octanol–water partition coefficient (Wildman–Crippen LogP) is 5.39.